The van der Waals surface area contributed by atoms with E-state index in [1.807, 2.05) is 0 Å². The maximum atomic E-state index is 2.48. The molecule has 0 N–H and O–H groups in total. The highest BCUT2D eigenvalue weighted by Gasteiger charge is 2.44. The molecule has 1 atom stereocenters. The van der Waals surface area contributed by atoms with Gasteiger partial charge in [-0.2, -0.15) is 0 Å². The molecule has 6 aromatic rings. The van der Waals surface area contributed by atoms with Crippen LogP contribution in [0.25, 0.3) is 41.0 Å². The number of nitrogens with zero attached hydrogens (tertiary/aromatic N) is 1. The van der Waals surface area contributed by atoms with E-state index in [2.05, 4.69) is 282 Å². The summed E-state index contributed by atoms with van der Waals surface area (Å²) in [6.07, 6.45) is 44.3. The summed E-state index contributed by atoms with van der Waals surface area (Å²) in [6, 6.07) is 53.6. The third-order valence-electron chi connectivity index (χ3n) is 15.5. The van der Waals surface area contributed by atoms with Crippen LogP contribution in [0, 0.1) is 0 Å². The van der Waals surface area contributed by atoms with Crippen LogP contribution in [-0.4, -0.2) is 6.54 Å². The predicted octanol–water partition coefficient (Wildman–Crippen LogP) is 19.4. The quantitative estimate of drug-likeness (QED) is 0.0732. The number of para-hydroxylation sites is 2. The first-order valence-electron chi connectivity index (χ1n) is 26.4. The second kappa shape index (κ2) is 23.2. The molecule has 0 aromatic heterocycles. The number of hydrogen-bond acceptors (Lipinski definition) is 1. The fourth-order valence-electron chi connectivity index (χ4n) is 11.7. The molecular formula is C71H71N. The standard InChI is InChI=1S/C71H71N/c1-6-9-25-54(4)71(61(8-3)26-10-7-2)51-20-12-11-19-31-66-65(32-23-34-68(66)71)60-46-43-58(44-47-60)40-39-56-35-37-57(38-36-56)41-42-59-45-48-67-64(55(5)70(69(67)53-59)49-21-22-50-70)33-24-52-72(62-27-15-13-16-28-62)63-29-17-14-18-30-63/h6,8-20,23-30,32-48,53H,7,21-22,31,49-52H2,1-5H3/b9-6-,19-11-,20-12-,26-10-,33-24-,40-39+,42-41+,54-25+,61-8+. The van der Waals surface area contributed by atoms with E-state index in [0.717, 1.165) is 25.8 Å². The van der Waals surface area contributed by atoms with Gasteiger partial charge >= 0.3 is 0 Å². The van der Waals surface area contributed by atoms with Gasteiger partial charge in [0.15, 0.2) is 0 Å². The first-order chi connectivity index (χ1) is 35.4. The molecular weight excluding hydrogens is 867 g/mol. The Kier molecular flexibility index (Phi) is 15.9. The maximum Gasteiger partial charge on any atom is 0.0445 e. The number of hydrogen-bond donors (Lipinski definition) is 0. The minimum absolute atomic E-state index is 0.138. The number of rotatable bonds is 15. The van der Waals surface area contributed by atoms with E-state index in [-0.39, 0.29) is 10.8 Å². The summed E-state index contributed by atoms with van der Waals surface area (Å²) >= 11 is 0. The largest absolute Gasteiger partial charge is 0.338 e. The van der Waals surface area contributed by atoms with Crippen molar-refractivity contribution >= 4 is 41.3 Å². The number of fused-ring (bicyclic) bond motifs is 3. The summed E-state index contributed by atoms with van der Waals surface area (Å²) in [5, 5.41) is 0. The van der Waals surface area contributed by atoms with Crippen LogP contribution in [0.15, 0.2) is 235 Å². The molecule has 1 nitrogen and oxygen atoms in total. The third kappa shape index (κ3) is 10.4. The molecule has 1 unspecified atom stereocenters. The van der Waals surface area contributed by atoms with E-state index >= 15 is 0 Å². The summed E-state index contributed by atoms with van der Waals surface area (Å²) in [5.74, 6) is 0. The molecule has 1 heteroatoms. The molecule has 0 amide bonds. The van der Waals surface area contributed by atoms with Crippen LogP contribution in [0.3, 0.4) is 0 Å². The average molecular weight is 938 g/mol. The van der Waals surface area contributed by atoms with Crippen molar-refractivity contribution in [2.75, 3.05) is 11.4 Å². The fourth-order valence-corrected chi connectivity index (χ4v) is 11.7. The lowest BCUT2D eigenvalue weighted by Gasteiger charge is -2.39. The molecule has 3 aliphatic rings. The summed E-state index contributed by atoms with van der Waals surface area (Å²) in [5.41, 5.74) is 20.9. The molecule has 0 heterocycles. The Hall–Kier alpha value is -7.48. The van der Waals surface area contributed by atoms with E-state index < -0.39 is 0 Å². The van der Waals surface area contributed by atoms with Gasteiger partial charge in [-0.1, -0.05) is 249 Å². The van der Waals surface area contributed by atoms with Crippen molar-refractivity contribution in [2.45, 2.75) is 90.4 Å². The summed E-state index contributed by atoms with van der Waals surface area (Å²) in [4.78, 5) is 2.39. The van der Waals surface area contributed by atoms with Crippen LogP contribution >= 0.6 is 0 Å². The molecule has 0 aliphatic heterocycles. The molecule has 1 saturated carbocycles. The minimum Gasteiger partial charge on any atom is -0.338 e. The van der Waals surface area contributed by atoms with Gasteiger partial charge in [0, 0.05) is 28.7 Å². The van der Waals surface area contributed by atoms with Gasteiger partial charge in [0.1, 0.15) is 0 Å². The van der Waals surface area contributed by atoms with Crippen LogP contribution in [0.4, 0.5) is 11.4 Å². The van der Waals surface area contributed by atoms with E-state index in [0.29, 0.717) is 0 Å². The average Bonchev–Trinajstić information content (AvgIpc) is 4.03. The van der Waals surface area contributed by atoms with E-state index in [1.54, 1.807) is 0 Å². The topological polar surface area (TPSA) is 3.24 Å². The molecule has 0 radical (unpaired) electrons. The van der Waals surface area contributed by atoms with E-state index in [9.17, 15) is 0 Å². The zero-order valence-electron chi connectivity index (χ0n) is 43.2. The molecule has 9 rings (SSSR count). The van der Waals surface area contributed by atoms with Gasteiger partial charge in [-0.25, -0.2) is 0 Å². The minimum atomic E-state index is -0.294. The van der Waals surface area contributed by atoms with Gasteiger partial charge < -0.3 is 4.90 Å². The number of benzene rings is 6. The monoisotopic (exact) mass is 938 g/mol. The molecule has 3 aliphatic carbocycles. The summed E-state index contributed by atoms with van der Waals surface area (Å²) in [7, 11) is 0. The van der Waals surface area contributed by atoms with E-state index in [1.165, 1.54) is 115 Å². The molecule has 1 fully saturated rings. The van der Waals surface area contributed by atoms with Gasteiger partial charge in [0.25, 0.3) is 0 Å². The highest BCUT2D eigenvalue weighted by Crippen LogP contribution is 2.56. The lowest BCUT2D eigenvalue weighted by Crippen LogP contribution is -2.31. The Morgan fingerprint density at radius 3 is 1.85 bits per heavy atom. The van der Waals surface area contributed by atoms with Gasteiger partial charge in [0.2, 0.25) is 0 Å². The van der Waals surface area contributed by atoms with Crippen LogP contribution in [-0.2, 0) is 17.3 Å². The van der Waals surface area contributed by atoms with Crippen LogP contribution in [0.5, 0.6) is 0 Å². The Labute approximate surface area is 431 Å². The zero-order valence-corrected chi connectivity index (χ0v) is 43.2. The molecule has 6 aromatic carbocycles. The second-order valence-corrected chi connectivity index (χ2v) is 19.7. The number of anilines is 2. The van der Waals surface area contributed by atoms with Crippen molar-refractivity contribution in [2.24, 2.45) is 0 Å². The molecule has 72 heavy (non-hydrogen) atoms. The molecule has 360 valence electrons. The van der Waals surface area contributed by atoms with Crippen molar-refractivity contribution in [1.82, 2.24) is 0 Å². The summed E-state index contributed by atoms with van der Waals surface area (Å²) in [6.45, 7) is 12.0. The summed E-state index contributed by atoms with van der Waals surface area (Å²) < 4.78 is 0. The Bertz CT molecular complexity index is 3090. The van der Waals surface area contributed by atoms with Crippen LogP contribution < -0.4 is 4.90 Å². The van der Waals surface area contributed by atoms with Gasteiger partial charge in [0.05, 0.1) is 0 Å². The molecule has 0 saturated heterocycles. The fraction of sp³-hybridized carbons (Fsp3) is 0.211. The molecule has 1 spiro atoms. The SMILES string of the molecule is C/C=C\C=C(/C)C1(C(/C=C\CC)=C/C)C/C=C\C=C/Cc2c(-c3ccc(/C=C/c4ccc(/C=C/c5ccc6c(c5)C5(CCCC5)C(C)=C6/C=C\CN(c5ccccc5)c5ccccc5)cc4)cc3)cccc21. The Balaban J connectivity index is 0.908. The Morgan fingerprint density at radius 2 is 1.22 bits per heavy atom. The predicted molar refractivity (Wildman–Crippen MR) is 314 cm³/mol. The maximum absolute atomic E-state index is 2.48. The van der Waals surface area contributed by atoms with Crippen LogP contribution in [0.2, 0.25) is 0 Å². The van der Waals surface area contributed by atoms with Gasteiger partial charge in [-0.15, -0.1) is 0 Å². The van der Waals surface area contributed by atoms with Crippen molar-refractivity contribution < 1.29 is 0 Å². The lowest BCUT2D eigenvalue weighted by molar-refractivity contribution is 0.534. The van der Waals surface area contributed by atoms with Crippen LogP contribution in [0.1, 0.15) is 118 Å². The Morgan fingerprint density at radius 1 is 0.611 bits per heavy atom. The van der Waals surface area contributed by atoms with Gasteiger partial charge in [-0.05, 0) is 151 Å². The van der Waals surface area contributed by atoms with Crippen molar-refractivity contribution in [3.05, 3.63) is 280 Å². The van der Waals surface area contributed by atoms with Crippen molar-refractivity contribution in [3.63, 3.8) is 0 Å². The lowest BCUT2D eigenvalue weighted by atomic mass is 9.64. The van der Waals surface area contributed by atoms with Crippen molar-refractivity contribution in [1.29, 1.82) is 0 Å². The third-order valence-corrected chi connectivity index (χ3v) is 15.5. The highest BCUT2D eigenvalue weighted by atomic mass is 15.1. The molecule has 0 bridgehead atoms. The van der Waals surface area contributed by atoms with E-state index in [4.69, 9.17) is 0 Å². The zero-order chi connectivity index (χ0) is 49.8. The normalized spacial score (nSPS) is 18.9. The first kappa shape index (κ1) is 49.5. The highest BCUT2D eigenvalue weighted by molar-refractivity contribution is 5.87. The second-order valence-electron chi connectivity index (χ2n) is 19.7. The van der Waals surface area contributed by atoms with Crippen molar-refractivity contribution in [3.8, 4) is 11.1 Å². The van der Waals surface area contributed by atoms with Gasteiger partial charge in [-0.3, -0.25) is 0 Å². The first-order valence-corrected chi connectivity index (χ1v) is 26.4. The number of allylic oxidation sites excluding steroid dienone is 15. The smallest absolute Gasteiger partial charge is 0.0445 e.